The topological polar surface area (TPSA) is 170 Å². The van der Waals surface area contributed by atoms with Crippen LogP contribution in [-0.2, 0) is 28.5 Å². The standard InChI is InChI=1S/C10H14O2.2C9H17NO4/c11-9-7-5-3-1-2-4-6-8-10-12;2*1-3-5-6-14-8(11)7-10-9(12)13-4-2/h11-12H,5-10H2;2*3-7H2,1-2H3,(H,10,12). The molecule has 0 radical (unpaired) electrons. The summed E-state index contributed by atoms with van der Waals surface area (Å²) in [5.41, 5.74) is 0. The van der Waals surface area contributed by atoms with Gasteiger partial charge in [0.1, 0.15) is 13.1 Å². The third-order valence-electron chi connectivity index (χ3n) is 3.99. The molecule has 0 rings (SSSR count). The minimum absolute atomic E-state index is 0.136. The highest BCUT2D eigenvalue weighted by Crippen LogP contribution is 1.89. The number of hydrogen-bond acceptors (Lipinski definition) is 10. The van der Waals surface area contributed by atoms with Crippen molar-refractivity contribution in [2.45, 2.75) is 79.1 Å². The number of alkyl carbamates (subject to hydrolysis) is 2. The zero-order chi connectivity index (χ0) is 30.7. The van der Waals surface area contributed by atoms with E-state index in [4.69, 9.17) is 19.7 Å². The fourth-order valence-corrected chi connectivity index (χ4v) is 1.96. The van der Waals surface area contributed by atoms with Crippen LogP contribution in [0.15, 0.2) is 0 Å². The zero-order valence-electron chi connectivity index (χ0n) is 24.5. The molecule has 0 saturated carbocycles. The number of ether oxygens (including phenoxy) is 4. The van der Waals surface area contributed by atoms with E-state index in [0.29, 0.717) is 38.9 Å². The van der Waals surface area contributed by atoms with Gasteiger partial charge in [-0.2, -0.15) is 0 Å². The number of nitrogens with one attached hydrogen (secondary N) is 2. The molecule has 0 atom stereocenters. The van der Waals surface area contributed by atoms with Crippen LogP contribution in [-0.4, -0.2) is 87.1 Å². The Morgan fingerprint density at radius 2 is 0.975 bits per heavy atom. The van der Waals surface area contributed by atoms with Gasteiger partial charge in [0.05, 0.1) is 26.4 Å². The smallest absolute Gasteiger partial charge is 0.407 e. The van der Waals surface area contributed by atoms with Gasteiger partial charge in [-0.25, -0.2) is 9.59 Å². The molecule has 40 heavy (non-hydrogen) atoms. The zero-order valence-corrected chi connectivity index (χ0v) is 24.5. The quantitative estimate of drug-likeness (QED) is 0.0933. The Hall–Kier alpha value is -3.48. The Labute approximate surface area is 238 Å². The number of amides is 2. The van der Waals surface area contributed by atoms with Crippen molar-refractivity contribution in [1.29, 1.82) is 0 Å². The molecule has 2 amide bonds. The fourth-order valence-electron chi connectivity index (χ4n) is 1.96. The van der Waals surface area contributed by atoms with Crippen LogP contribution >= 0.6 is 0 Å². The van der Waals surface area contributed by atoms with Crippen LogP contribution in [0.2, 0.25) is 0 Å². The van der Waals surface area contributed by atoms with Crippen LogP contribution in [0.1, 0.15) is 79.1 Å². The van der Waals surface area contributed by atoms with Gasteiger partial charge in [0.25, 0.3) is 0 Å². The van der Waals surface area contributed by atoms with Crippen LogP contribution in [0.3, 0.4) is 0 Å². The van der Waals surface area contributed by atoms with Gasteiger partial charge in [0, 0.05) is 26.1 Å². The molecule has 12 nitrogen and oxygen atoms in total. The molecule has 0 aromatic heterocycles. The monoisotopic (exact) mass is 572 g/mol. The second-order valence-electron chi connectivity index (χ2n) is 7.55. The van der Waals surface area contributed by atoms with Crippen molar-refractivity contribution in [2.24, 2.45) is 0 Å². The summed E-state index contributed by atoms with van der Waals surface area (Å²) in [6.07, 6.45) is 5.25. The molecule has 0 bridgehead atoms. The Morgan fingerprint density at radius 1 is 0.600 bits per heavy atom. The van der Waals surface area contributed by atoms with E-state index in [2.05, 4.69) is 43.8 Å². The van der Waals surface area contributed by atoms with Crippen LogP contribution in [0.25, 0.3) is 0 Å². The maximum Gasteiger partial charge on any atom is 0.407 e. The van der Waals surface area contributed by atoms with Crippen LogP contribution in [0.4, 0.5) is 9.59 Å². The van der Waals surface area contributed by atoms with E-state index in [1.165, 1.54) is 0 Å². The van der Waals surface area contributed by atoms with Gasteiger partial charge in [0.2, 0.25) is 0 Å². The van der Waals surface area contributed by atoms with Gasteiger partial charge in [-0.1, -0.05) is 38.5 Å². The normalized spacial score (nSPS) is 8.85. The van der Waals surface area contributed by atoms with Gasteiger partial charge in [-0.05, 0) is 51.4 Å². The molecule has 0 fully saturated rings. The number of carbonyl (C=O) groups is 4. The van der Waals surface area contributed by atoms with Crippen molar-refractivity contribution in [3.8, 4) is 23.7 Å². The molecule has 0 spiro atoms. The molecular weight excluding hydrogens is 524 g/mol. The molecule has 0 unspecified atom stereocenters. The lowest BCUT2D eigenvalue weighted by molar-refractivity contribution is -0.143. The minimum Gasteiger partial charge on any atom is -0.464 e. The first-order valence-electron chi connectivity index (χ1n) is 13.6. The SMILES string of the molecule is CCCCOC(=O)CNC(=O)OCC.CCCCOC(=O)CNC(=O)OCC.OCCCC#CC#CCCCO. The molecule has 0 saturated heterocycles. The second kappa shape index (κ2) is 35.5. The van der Waals surface area contributed by atoms with Crippen LogP contribution in [0, 0.1) is 23.7 Å². The summed E-state index contributed by atoms with van der Waals surface area (Å²) in [7, 11) is 0. The van der Waals surface area contributed by atoms with Crippen molar-refractivity contribution in [3.05, 3.63) is 0 Å². The number of esters is 2. The van der Waals surface area contributed by atoms with E-state index >= 15 is 0 Å². The van der Waals surface area contributed by atoms with Gasteiger partial charge >= 0.3 is 24.1 Å². The summed E-state index contributed by atoms with van der Waals surface area (Å²) in [5.74, 6) is 10.1. The number of unbranched alkanes of at least 4 members (excludes halogenated alkanes) is 4. The maximum absolute atomic E-state index is 10.9. The number of rotatable bonds is 16. The first kappa shape index (κ1) is 41.0. The Morgan fingerprint density at radius 3 is 1.27 bits per heavy atom. The highest BCUT2D eigenvalue weighted by atomic mass is 16.6. The summed E-state index contributed by atoms with van der Waals surface area (Å²) in [6.45, 7) is 8.88. The third-order valence-corrected chi connectivity index (χ3v) is 3.99. The number of aliphatic hydroxyl groups excluding tert-OH is 2. The molecule has 0 aromatic rings. The molecule has 12 heteroatoms. The second-order valence-corrected chi connectivity index (χ2v) is 7.55. The summed E-state index contributed by atoms with van der Waals surface area (Å²) in [4.78, 5) is 43.3. The maximum atomic E-state index is 10.9. The predicted octanol–water partition coefficient (Wildman–Crippen LogP) is 2.69. The lowest BCUT2D eigenvalue weighted by Gasteiger charge is -2.05. The molecular formula is C28H48N2O10. The minimum atomic E-state index is -0.597. The average Bonchev–Trinajstić information content (AvgIpc) is 2.94. The summed E-state index contributed by atoms with van der Waals surface area (Å²) in [5, 5.41) is 21.4. The number of aliphatic hydroxyl groups is 2. The van der Waals surface area contributed by atoms with E-state index < -0.39 is 24.1 Å². The number of carbonyl (C=O) groups excluding carboxylic acids is 4. The lowest BCUT2D eigenvalue weighted by atomic mass is 10.3. The van der Waals surface area contributed by atoms with Gasteiger partial charge in [-0.3, -0.25) is 9.59 Å². The van der Waals surface area contributed by atoms with E-state index in [9.17, 15) is 19.2 Å². The third kappa shape index (κ3) is 39.0. The van der Waals surface area contributed by atoms with Crippen molar-refractivity contribution in [3.63, 3.8) is 0 Å². The van der Waals surface area contributed by atoms with Crippen molar-refractivity contribution in [1.82, 2.24) is 10.6 Å². The molecule has 0 heterocycles. The summed E-state index contributed by atoms with van der Waals surface area (Å²) < 4.78 is 18.7. The van der Waals surface area contributed by atoms with E-state index in [1.54, 1.807) is 13.8 Å². The highest BCUT2D eigenvalue weighted by molar-refractivity contribution is 5.78. The van der Waals surface area contributed by atoms with Gasteiger partial charge < -0.3 is 39.8 Å². The summed E-state index contributed by atoms with van der Waals surface area (Å²) in [6, 6.07) is 0. The van der Waals surface area contributed by atoms with Crippen LogP contribution in [0.5, 0.6) is 0 Å². The largest absolute Gasteiger partial charge is 0.464 e. The Balaban J connectivity index is -0.000000515. The van der Waals surface area contributed by atoms with Crippen molar-refractivity contribution < 1.29 is 48.3 Å². The fraction of sp³-hybridized carbons (Fsp3) is 0.714. The number of hydrogen-bond donors (Lipinski definition) is 4. The average molecular weight is 573 g/mol. The predicted molar refractivity (Wildman–Crippen MR) is 150 cm³/mol. The Bertz CT molecular complexity index is 703. The molecule has 0 aromatic carbocycles. The van der Waals surface area contributed by atoms with Crippen molar-refractivity contribution >= 4 is 24.1 Å². The molecule has 0 aliphatic carbocycles. The molecule has 0 aliphatic rings. The first-order chi connectivity index (χ1) is 19.3. The molecule has 0 aliphatic heterocycles. The van der Waals surface area contributed by atoms with Gasteiger partial charge in [-0.15, -0.1) is 0 Å². The molecule has 4 N–H and O–H groups in total. The van der Waals surface area contributed by atoms with E-state index in [-0.39, 0.29) is 39.5 Å². The van der Waals surface area contributed by atoms with E-state index in [0.717, 1.165) is 25.7 Å². The molecule has 230 valence electrons. The van der Waals surface area contributed by atoms with Gasteiger partial charge in [0.15, 0.2) is 0 Å². The first-order valence-corrected chi connectivity index (χ1v) is 13.6. The van der Waals surface area contributed by atoms with E-state index in [1.807, 2.05) is 13.8 Å². The van der Waals surface area contributed by atoms with Crippen molar-refractivity contribution in [2.75, 3.05) is 52.7 Å². The summed E-state index contributed by atoms with van der Waals surface area (Å²) >= 11 is 0. The lowest BCUT2D eigenvalue weighted by Crippen LogP contribution is -2.31. The highest BCUT2D eigenvalue weighted by Gasteiger charge is 2.06. The van der Waals surface area contributed by atoms with Crippen LogP contribution < -0.4 is 10.6 Å². The Kier molecular flexibility index (Phi) is 36.4.